The summed E-state index contributed by atoms with van der Waals surface area (Å²) >= 11 is 0. The van der Waals surface area contributed by atoms with E-state index in [0.717, 1.165) is 42.4 Å². The number of aryl methyl sites for hydroxylation is 1. The Bertz CT molecular complexity index is 1270. The lowest BCUT2D eigenvalue weighted by Gasteiger charge is -2.32. The molecule has 4 aromatic rings. The van der Waals surface area contributed by atoms with Gasteiger partial charge < -0.3 is 4.98 Å². The predicted octanol–water partition coefficient (Wildman–Crippen LogP) is 6.91. The molecule has 160 valence electrons. The number of aromatic nitrogens is 3. The van der Waals surface area contributed by atoms with Crippen molar-refractivity contribution in [2.24, 2.45) is 5.92 Å². The van der Waals surface area contributed by atoms with Crippen molar-refractivity contribution in [2.45, 2.75) is 51.4 Å². The van der Waals surface area contributed by atoms with E-state index in [4.69, 9.17) is 0 Å². The van der Waals surface area contributed by atoms with Gasteiger partial charge in [-0.25, -0.2) is 18.2 Å². The number of imidazole rings is 1. The molecule has 1 N–H and O–H groups in total. The van der Waals surface area contributed by atoms with E-state index in [2.05, 4.69) is 21.9 Å². The number of fused-ring (bicyclic) bond motifs is 2. The quantitative estimate of drug-likeness (QED) is 0.389. The van der Waals surface area contributed by atoms with Crippen molar-refractivity contribution in [1.29, 1.82) is 0 Å². The van der Waals surface area contributed by atoms with Crippen LogP contribution in [0.15, 0.2) is 36.5 Å². The molecule has 0 amide bonds. The molecule has 0 bridgehead atoms. The maximum atomic E-state index is 13.9. The fraction of sp³-hybridized carbons (Fsp3) is 0.360. The van der Waals surface area contributed by atoms with Crippen LogP contribution in [-0.4, -0.2) is 15.0 Å². The van der Waals surface area contributed by atoms with Crippen molar-refractivity contribution in [1.82, 2.24) is 15.0 Å². The minimum Gasteiger partial charge on any atom is -0.342 e. The Morgan fingerprint density at radius 2 is 1.81 bits per heavy atom. The van der Waals surface area contributed by atoms with Crippen LogP contribution in [-0.2, 0) is 0 Å². The van der Waals surface area contributed by atoms with Crippen LogP contribution in [0.25, 0.3) is 21.9 Å². The third-order valence-electron chi connectivity index (χ3n) is 7.00. The Labute approximate surface area is 178 Å². The van der Waals surface area contributed by atoms with Gasteiger partial charge in [-0.2, -0.15) is 0 Å². The number of rotatable bonds is 3. The lowest BCUT2D eigenvalue weighted by Crippen LogP contribution is -2.19. The molecule has 0 spiro atoms. The molecule has 3 nitrogen and oxygen atoms in total. The van der Waals surface area contributed by atoms with Crippen molar-refractivity contribution < 1.29 is 13.2 Å². The lowest BCUT2D eigenvalue weighted by atomic mass is 9.73. The third kappa shape index (κ3) is 3.48. The second-order valence-corrected chi connectivity index (χ2v) is 8.78. The van der Waals surface area contributed by atoms with Gasteiger partial charge in [0.15, 0.2) is 11.6 Å². The zero-order valence-corrected chi connectivity index (χ0v) is 17.6. The standard InChI is InChI=1S/C25H24F3N3/c1-13(25-30-22-12-20(27)23(28)14(2)24(22)31-25)15-3-5-16(6-4-15)18-9-10-29-21-8-7-17(26)11-19(18)21/h7-13,15-16H,3-6H2,1-2H3,(H,30,31)/t13-,15?,16?/m1/s1. The van der Waals surface area contributed by atoms with E-state index < -0.39 is 11.6 Å². The number of benzene rings is 2. The largest absolute Gasteiger partial charge is 0.342 e. The normalized spacial score (nSPS) is 20.4. The lowest BCUT2D eigenvalue weighted by molar-refractivity contribution is 0.286. The number of pyridine rings is 1. The summed E-state index contributed by atoms with van der Waals surface area (Å²) in [5.41, 5.74) is 3.27. The molecule has 0 aliphatic heterocycles. The van der Waals surface area contributed by atoms with Crippen molar-refractivity contribution in [3.63, 3.8) is 0 Å². The second-order valence-electron chi connectivity index (χ2n) is 8.78. The van der Waals surface area contributed by atoms with Gasteiger partial charge in [0.25, 0.3) is 0 Å². The van der Waals surface area contributed by atoms with Gasteiger partial charge in [0.2, 0.25) is 0 Å². The van der Waals surface area contributed by atoms with Gasteiger partial charge in [0.1, 0.15) is 11.6 Å². The average molecular weight is 423 g/mol. The van der Waals surface area contributed by atoms with E-state index in [-0.39, 0.29) is 17.3 Å². The van der Waals surface area contributed by atoms with Crippen LogP contribution in [0.4, 0.5) is 13.2 Å². The second kappa shape index (κ2) is 7.66. The number of nitrogens with one attached hydrogen (secondary N) is 1. The average Bonchev–Trinajstić information content (AvgIpc) is 3.21. The molecule has 6 heteroatoms. The van der Waals surface area contributed by atoms with Crippen LogP contribution >= 0.6 is 0 Å². The summed E-state index contributed by atoms with van der Waals surface area (Å²) in [7, 11) is 0. The molecule has 1 aliphatic carbocycles. The summed E-state index contributed by atoms with van der Waals surface area (Å²) in [6.45, 7) is 3.69. The predicted molar refractivity (Wildman–Crippen MR) is 116 cm³/mol. The van der Waals surface area contributed by atoms with E-state index in [0.29, 0.717) is 22.9 Å². The number of hydrogen-bond donors (Lipinski definition) is 1. The molecule has 1 saturated carbocycles. The summed E-state index contributed by atoms with van der Waals surface area (Å²) < 4.78 is 41.5. The van der Waals surface area contributed by atoms with Gasteiger partial charge in [0.05, 0.1) is 16.6 Å². The van der Waals surface area contributed by atoms with Gasteiger partial charge in [-0.05, 0) is 74.3 Å². The third-order valence-corrected chi connectivity index (χ3v) is 7.00. The molecule has 0 saturated heterocycles. The van der Waals surface area contributed by atoms with Crippen LogP contribution in [0.2, 0.25) is 0 Å². The highest BCUT2D eigenvalue weighted by Crippen LogP contribution is 2.43. The molecule has 1 atom stereocenters. The number of hydrogen-bond acceptors (Lipinski definition) is 2. The molecular weight excluding hydrogens is 399 g/mol. The van der Waals surface area contributed by atoms with Crippen LogP contribution in [0, 0.1) is 30.3 Å². The van der Waals surface area contributed by atoms with E-state index in [9.17, 15) is 13.2 Å². The molecule has 0 radical (unpaired) electrons. The SMILES string of the molecule is Cc1c(F)c(F)cc2[nH]c([C@H](C)C3CCC(c4ccnc5ccc(F)cc45)CC3)nc12. The summed E-state index contributed by atoms with van der Waals surface area (Å²) in [5, 5.41) is 0.899. The zero-order chi connectivity index (χ0) is 21.7. The topological polar surface area (TPSA) is 41.6 Å². The smallest absolute Gasteiger partial charge is 0.164 e. The van der Waals surface area contributed by atoms with Crippen LogP contribution < -0.4 is 0 Å². The Morgan fingerprint density at radius 1 is 1.03 bits per heavy atom. The first kappa shape index (κ1) is 20.0. The Morgan fingerprint density at radius 3 is 2.58 bits per heavy atom. The highest BCUT2D eigenvalue weighted by atomic mass is 19.2. The summed E-state index contributed by atoms with van der Waals surface area (Å²) in [4.78, 5) is 12.2. The van der Waals surface area contributed by atoms with Gasteiger partial charge in [-0.3, -0.25) is 4.98 Å². The first-order chi connectivity index (χ1) is 14.9. The Hall–Kier alpha value is -2.89. The molecule has 31 heavy (non-hydrogen) atoms. The molecule has 1 aliphatic rings. The molecule has 2 aromatic heterocycles. The fourth-order valence-corrected chi connectivity index (χ4v) is 5.13. The van der Waals surface area contributed by atoms with Crippen LogP contribution in [0.1, 0.15) is 61.4 Å². The summed E-state index contributed by atoms with van der Waals surface area (Å²) in [6.07, 6.45) is 5.85. The maximum absolute atomic E-state index is 13.9. The highest BCUT2D eigenvalue weighted by Gasteiger charge is 2.29. The molecular formula is C25H24F3N3. The van der Waals surface area contributed by atoms with Crippen molar-refractivity contribution in [3.8, 4) is 0 Å². The maximum Gasteiger partial charge on any atom is 0.164 e. The Kier molecular flexibility index (Phi) is 4.95. The van der Waals surface area contributed by atoms with E-state index in [1.165, 1.54) is 17.7 Å². The van der Waals surface area contributed by atoms with Crippen molar-refractivity contribution in [3.05, 3.63) is 70.9 Å². The number of H-pyrrole nitrogens is 1. The minimum atomic E-state index is -0.852. The van der Waals surface area contributed by atoms with Crippen molar-refractivity contribution in [2.75, 3.05) is 0 Å². The molecule has 2 aromatic carbocycles. The summed E-state index contributed by atoms with van der Waals surface area (Å²) in [6, 6.07) is 7.97. The Balaban J connectivity index is 1.36. The molecule has 5 rings (SSSR count). The monoisotopic (exact) mass is 423 g/mol. The fourth-order valence-electron chi connectivity index (χ4n) is 5.13. The van der Waals surface area contributed by atoms with Gasteiger partial charge >= 0.3 is 0 Å². The van der Waals surface area contributed by atoms with Gasteiger partial charge in [0, 0.05) is 29.1 Å². The zero-order valence-electron chi connectivity index (χ0n) is 17.6. The molecule has 0 unspecified atom stereocenters. The molecule has 1 fully saturated rings. The van der Waals surface area contributed by atoms with Crippen LogP contribution in [0.5, 0.6) is 0 Å². The number of aromatic amines is 1. The van der Waals surface area contributed by atoms with Gasteiger partial charge in [-0.15, -0.1) is 0 Å². The molecule has 2 heterocycles. The number of halogens is 3. The van der Waals surface area contributed by atoms with E-state index in [1.807, 2.05) is 6.07 Å². The van der Waals surface area contributed by atoms with Gasteiger partial charge in [-0.1, -0.05) is 6.92 Å². The first-order valence-electron chi connectivity index (χ1n) is 10.8. The van der Waals surface area contributed by atoms with Crippen LogP contribution in [0.3, 0.4) is 0 Å². The first-order valence-corrected chi connectivity index (χ1v) is 10.8. The summed E-state index contributed by atoms with van der Waals surface area (Å²) in [5.74, 6) is -0.187. The van der Waals surface area contributed by atoms with Crippen molar-refractivity contribution >= 4 is 21.9 Å². The highest BCUT2D eigenvalue weighted by molar-refractivity contribution is 5.82. The minimum absolute atomic E-state index is 0.158. The van der Waals surface area contributed by atoms with E-state index in [1.54, 1.807) is 25.3 Å². The van der Waals surface area contributed by atoms with E-state index >= 15 is 0 Å². The number of nitrogens with zero attached hydrogens (tertiary/aromatic N) is 2.